The minimum atomic E-state index is -1.63. The van der Waals surface area contributed by atoms with Gasteiger partial charge >= 0.3 is 5.97 Å². The van der Waals surface area contributed by atoms with E-state index in [4.69, 9.17) is 5.11 Å². The van der Waals surface area contributed by atoms with E-state index in [2.05, 4.69) is 0 Å². The van der Waals surface area contributed by atoms with Crippen LogP contribution in [-0.4, -0.2) is 15.6 Å². The van der Waals surface area contributed by atoms with Gasteiger partial charge in [0, 0.05) is 9.77 Å². The molecule has 3 nitrogen and oxygen atoms in total. The molecule has 1 N–H and O–H groups in total. The van der Waals surface area contributed by atoms with Crippen LogP contribution in [-0.2, 0) is 0 Å². The van der Waals surface area contributed by atoms with Crippen molar-refractivity contribution < 1.29 is 23.1 Å². The molecule has 0 saturated heterocycles. The maximum absolute atomic E-state index is 13.6. The molecule has 1 aromatic heterocycles. The van der Waals surface area contributed by atoms with Crippen LogP contribution in [0, 0.1) is 21.0 Å². The molecule has 2 rings (SSSR count). The molecule has 0 aliphatic heterocycles. The van der Waals surface area contributed by atoms with E-state index < -0.39 is 23.4 Å². The van der Waals surface area contributed by atoms with Gasteiger partial charge in [-0.1, -0.05) is 0 Å². The number of halogens is 4. The van der Waals surface area contributed by atoms with Gasteiger partial charge in [0.1, 0.15) is 5.69 Å². The molecule has 1 aromatic carbocycles. The number of nitrogens with zero attached hydrogens (tertiary/aromatic N) is 1. The van der Waals surface area contributed by atoms with Gasteiger partial charge in [-0.25, -0.2) is 18.0 Å². The molecule has 94 valence electrons. The number of rotatable bonds is 2. The summed E-state index contributed by atoms with van der Waals surface area (Å²) >= 11 is 1.84. The zero-order chi connectivity index (χ0) is 13.4. The summed E-state index contributed by atoms with van der Waals surface area (Å²) in [5.74, 6) is -5.67. The van der Waals surface area contributed by atoms with Crippen LogP contribution < -0.4 is 0 Å². The third-order valence-electron chi connectivity index (χ3n) is 2.28. The van der Waals surface area contributed by atoms with E-state index in [1.165, 1.54) is 12.3 Å². The smallest absolute Gasteiger partial charge is 0.352 e. The Morgan fingerprint density at radius 1 is 1.22 bits per heavy atom. The molecule has 0 unspecified atom stereocenters. The lowest BCUT2D eigenvalue weighted by Gasteiger charge is -2.08. The Balaban J connectivity index is 2.70. The molecule has 0 radical (unpaired) electrons. The van der Waals surface area contributed by atoms with Crippen LogP contribution in [0.4, 0.5) is 13.2 Å². The first-order valence-electron chi connectivity index (χ1n) is 4.67. The third-order valence-corrected chi connectivity index (χ3v) is 2.87. The monoisotopic (exact) mass is 367 g/mol. The van der Waals surface area contributed by atoms with Crippen molar-refractivity contribution >= 4 is 28.6 Å². The highest BCUT2D eigenvalue weighted by Gasteiger charge is 2.19. The van der Waals surface area contributed by atoms with Gasteiger partial charge in [-0.05, 0) is 40.8 Å². The van der Waals surface area contributed by atoms with E-state index in [-0.39, 0.29) is 11.4 Å². The van der Waals surface area contributed by atoms with Gasteiger partial charge in [0.25, 0.3) is 0 Å². The second-order valence-electron chi connectivity index (χ2n) is 3.41. The Morgan fingerprint density at radius 2 is 1.89 bits per heavy atom. The number of carbonyl (C=O) groups is 1. The lowest BCUT2D eigenvalue weighted by atomic mass is 10.2. The minimum Gasteiger partial charge on any atom is -0.477 e. The normalized spacial score (nSPS) is 10.7. The quantitative estimate of drug-likeness (QED) is 0.655. The molecular formula is C11H5F3INO2. The summed E-state index contributed by atoms with van der Waals surface area (Å²) in [5, 5.41) is 8.94. The Bertz CT molecular complexity index is 639. The Morgan fingerprint density at radius 3 is 2.50 bits per heavy atom. The fourth-order valence-corrected chi connectivity index (χ4v) is 2.07. The minimum absolute atomic E-state index is 0.232. The van der Waals surface area contributed by atoms with Gasteiger partial charge in [-0.2, -0.15) is 0 Å². The summed E-state index contributed by atoms with van der Waals surface area (Å²) in [6.45, 7) is 0. The highest BCUT2D eigenvalue weighted by Crippen LogP contribution is 2.23. The summed E-state index contributed by atoms with van der Waals surface area (Å²) in [6.07, 6.45) is 1.32. The largest absolute Gasteiger partial charge is 0.477 e. The van der Waals surface area contributed by atoms with E-state index in [9.17, 15) is 18.0 Å². The predicted octanol–water partition coefficient (Wildman–Crippen LogP) is 3.20. The third kappa shape index (κ3) is 2.09. The molecule has 0 aliphatic carbocycles. The topological polar surface area (TPSA) is 42.2 Å². The zero-order valence-corrected chi connectivity index (χ0v) is 10.8. The van der Waals surface area contributed by atoms with E-state index in [1.807, 2.05) is 22.6 Å². The van der Waals surface area contributed by atoms with Crippen molar-refractivity contribution in [2.24, 2.45) is 0 Å². The number of hydrogen-bond acceptors (Lipinski definition) is 1. The van der Waals surface area contributed by atoms with Gasteiger partial charge < -0.3 is 9.67 Å². The highest BCUT2D eigenvalue weighted by molar-refractivity contribution is 14.1. The summed E-state index contributed by atoms with van der Waals surface area (Å²) in [5.41, 5.74) is -0.585. The molecule has 2 aromatic rings. The van der Waals surface area contributed by atoms with E-state index in [1.54, 1.807) is 0 Å². The maximum Gasteiger partial charge on any atom is 0.352 e. The molecule has 0 aliphatic rings. The maximum atomic E-state index is 13.6. The number of carboxylic acids is 1. The van der Waals surface area contributed by atoms with Gasteiger partial charge in [0.2, 0.25) is 0 Å². The number of aromatic nitrogens is 1. The number of hydrogen-bond donors (Lipinski definition) is 1. The van der Waals surface area contributed by atoms with Crippen molar-refractivity contribution in [3.63, 3.8) is 0 Å². The van der Waals surface area contributed by atoms with Crippen molar-refractivity contribution in [2.75, 3.05) is 0 Å². The first kappa shape index (κ1) is 12.9. The highest BCUT2D eigenvalue weighted by atomic mass is 127. The first-order chi connectivity index (χ1) is 8.41. The van der Waals surface area contributed by atoms with E-state index >= 15 is 0 Å². The molecule has 0 saturated carbocycles. The predicted molar refractivity (Wildman–Crippen MR) is 65.3 cm³/mol. The Hall–Kier alpha value is -1.51. The molecule has 7 heteroatoms. The fourth-order valence-electron chi connectivity index (χ4n) is 1.50. The number of carboxylic acid groups (broad SMARTS) is 1. The van der Waals surface area contributed by atoms with Crippen molar-refractivity contribution in [3.8, 4) is 5.69 Å². The van der Waals surface area contributed by atoms with Crippen LogP contribution in [0.15, 0.2) is 24.4 Å². The molecule has 0 bridgehead atoms. The molecule has 18 heavy (non-hydrogen) atoms. The number of aromatic carboxylic acids is 1. The molecule has 0 spiro atoms. The average Bonchev–Trinajstić information content (AvgIpc) is 2.68. The Kier molecular flexibility index (Phi) is 3.33. The van der Waals surface area contributed by atoms with Gasteiger partial charge in [0.05, 0.1) is 5.69 Å². The Labute approximate surface area is 113 Å². The summed E-state index contributed by atoms with van der Waals surface area (Å²) in [6, 6.07) is 3.02. The van der Waals surface area contributed by atoms with Crippen LogP contribution in [0.2, 0.25) is 0 Å². The van der Waals surface area contributed by atoms with E-state index in [0.29, 0.717) is 3.57 Å². The molecule has 1 heterocycles. The van der Waals surface area contributed by atoms with Crippen molar-refractivity contribution in [2.45, 2.75) is 0 Å². The first-order valence-corrected chi connectivity index (χ1v) is 5.74. The van der Waals surface area contributed by atoms with Gasteiger partial charge in [0.15, 0.2) is 17.5 Å². The average molecular weight is 367 g/mol. The molecule has 0 amide bonds. The summed E-state index contributed by atoms with van der Waals surface area (Å²) in [7, 11) is 0. The van der Waals surface area contributed by atoms with Crippen LogP contribution in [0.1, 0.15) is 10.5 Å². The van der Waals surface area contributed by atoms with Crippen LogP contribution >= 0.6 is 22.6 Å². The van der Waals surface area contributed by atoms with Crippen molar-refractivity contribution in [3.05, 3.63) is 51.1 Å². The standard InChI is InChI=1S/C11H5F3INO2/c12-6-1-2-7(10(14)9(6)13)16-4-5(15)3-8(16)11(17)18/h1-4H,(H,17,18). The lowest BCUT2D eigenvalue weighted by molar-refractivity contribution is 0.0688. The van der Waals surface area contributed by atoms with Gasteiger partial charge in [-0.3, -0.25) is 0 Å². The second kappa shape index (κ2) is 4.63. The summed E-state index contributed by atoms with van der Waals surface area (Å²) in [4.78, 5) is 11.0. The molecular weight excluding hydrogens is 362 g/mol. The van der Waals surface area contributed by atoms with Gasteiger partial charge in [-0.15, -0.1) is 0 Å². The van der Waals surface area contributed by atoms with Crippen LogP contribution in [0.3, 0.4) is 0 Å². The fraction of sp³-hybridized carbons (Fsp3) is 0. The second-order valence-corrected chi connectivity index (χ2v) is 4.66. The lowest BCUT2D eigenvalue weighted by Crippen LogP contribution is -2.08. The van der Waals surface area contributed by atoms with E-state index in [0.717, 1.165) is 16.7 Å². The van der Waals surface area contributed by atoms with Crippen molar-refractivity contribution in [1.82, 2.24) is 4.57 Å². The SMILES string of the molecule is O=C(O)c1cc(I)cn1-c1ccc(F)c(F)c1F. The molecule has 0 atom stereocenters. The molecule has 0 fully saturated rings. The zero-order valence-electron chi connectivity index (χ0n) is 8.62. The number of benzene rings is 1. The van der Waals surface area contributed by atoms with Crippen molar-refractivity contribution in [1.29, 1.82) is 0 Å². The summed E-state index contributed by atoms with van der Waals surface area (Å²) < 4.78 is 41.0. The van der Waals surface area contributed by atoms with Crippen LogP contribution in [0.25, 0.3) is 5.69 Å². The van der Waals surface area contributed by atoms with Crippen LogP contribution in [0.5, 0.6) is 0 Å².